The summed E-state index contributed by atoms with van der Waals surface area (Å²) in [6.45, 7) is 0.0860. The lowest BCUT2D eigenvalue weighted by Gasteiger charge is -2.09. The van der Waals surface area contributed by atoms with Crippen LogP contribution >= 0.6 is 0 Å². The van der Waals surface area contributed by atoms with Crippen molar-refractivity contribution < 1.29 is 19.0 Å². The molecule has 4 aromatic rings. The highest BCUT2D eigenvalue weighted by Gasteiger charge is 2.08. The quantitative estimate of drug-likeness (QED) is 0.173. The standard InChI is InChI=1S/C28H20O4/c29-28(24-15-13-23(14-16-24)12-11-22-7-3-1-4-8-22)32-27-19-17-26(18-20-27)31-21-30-25-9-5-2-6-10-25/h1-10,13-20H,21H2. The van der Waals surface area contributed by atoms with Gasteiger partial charge in [0.2, 0.25) is 6.79 Å². The lowest BCUT2D eigenvalue weighted by atomic mass is 10.1. The van der Waals surface area contributed by atoms with Crippen LogP contribution in [0.25, 0.3) is 0 Å². The molecule has 0 saturated heterocycles. The summed E-state index contributed by atoms with van der Waals surface area (Å²) < 4.78 is 16.5. The van der Waals surface area contributed by atoms with E-state index in [0.717, 1.165) is 16.9 Å². The van der Waals surface area contributed by atoms with E-state index in [1.54, 1.807) is 48.5 Å². The summed E-state index contributed by atoms with van der Waals surface area (Å²) in [5.74, 6) is 7.51. The summed E-state index contributed by atoms with van der Waals surface area (Å²) in [5, 5.41) is 0. The molecule has 32 heavy (non-hydrogen) atoms. The van der Waals surface area contributed by atoms with E-state index in [1.807, 2.05) is 60.7 Å². The van der Waals surface area contributed by atoms with Crippen molar-refractivity contribution in [3.05, 3.63) is 126 Å². The Balaban J connectivity index is 1.29. The Kier molecular flexibility index (Phi) is 6.82. The zero-order chi connectivity index (χ0) is 22.0. The SMILES string of the molecule is O=C(Oc1ccc(OCOc2ccccc2)cc1)c1ccc(C#Cc2ccccc2)cc1. The fraction of sp³-hybridized carbons (Fsp3) is 0.0357. The van der Waals surface area contributed by atoms with Crippen LogP contribution in [0.1, 0.15) is 21.5 Å². The van der Waals surface area contributed by atoms with Crippen molar-refractivity contribution in [2.75, 3.05) is 6.79 Å². The van der Waals surface area contributed by atoms with E-state index >= 15 is 0 Å². The Morgan fingerprint density at radius 3 is 1.69 bits per heavy atom. The molecule has 0 aliphatic rings. The summed E-state index contributed by atoms with van der Waals surface area (Å²) in [7, 11) is 0. The molecule has 4 heteroatoms. The molecule has 0 amide bonds. The van der Waals surface area contributed by atoms with Crippen LogP contribution in [0.15, 0.2) is 109 Å². The molecule has 0 N–H and O–H groups in total. The summed E-state index contributed by atoms with van der Waals surface area (Å²) in [6.07, 6.45) is 0. The Labute approximate surface area is 187 Å². The number of carbonyl (C=O) groups is 1. The van der Waals surface area contributed by atoms with Gasteiger partial charge in [0.1, 0.15) is 17.2 Å². The minimum absolute atomic E-state index is 0.0860. The maximum atomic E-state index is 12.4. The van der Waals surface area contributed by atoms with Gasteiger partial charge in [-0.2, -0.15) is 0 Å². The molecule has 0 radical (unpaired) electrons. The van der Waals surface area contributed by atoms with Crippen molar-refractivity contribution in [3.8, 4) is 29.1 Å². The van der Waals surface area contributed by atoms with Gasteiger partial charge in [-0.05, 0) is 72.8 Å². The molecule has 0 saturated carbocycles. The molecule has 0 aliphatic heterocycles. The number of para-hydroxylation sites is 1. The van der Waals surface area contributed by atoms with Crippen LogP contribution in [0.2, 0.25) is 0 Å². The maximum Gasteiger partial charge on any atom is 0.343 e. The monoisotopic (exact) mass is 420 g/mol. The molecular weight excluding hydrogens is 400 g/mol. The van der Waals surface area contributed by atoms with E-state index in [9.17, 15) is 4.79 Å². The Morgan fingerprint density at radius 1 is 0.562 bits per heavy atom. The van der Waals surface area contributed by atoms with Gasteiger partial charge in [-0.15, -0.1) is 0 Å². The smallest absolute Gasteiger partial charge is 0.343 e. The highest BCUT2D eigenvalue weighted by Crippen LogP contribution is 2.19. The molecular formula is C28H20O4. The molecule has 0 atom stereocenters. The number of rotatable bonds is 6. The molecule has 0 aliphatic carbocycles. The van der Waals surface area contributed by atoms with Gasteiger partial charge in [0, 0.05) is 11.1 Å². The van der Waals surface area contributed by atoms with E-state index < -0.39 is 5.97 Å². The Morgan fingerprint density at radius 2 is 1.06 bits per heavy atom. The van der Waals surface area contributed by atoms with Gasteiger partial charge in [-0.3, -0.25) is 0 Å². The molecule has 156 valence electrons. The topological polar surface area (TPSA) is 44.8 Å². The average Bonchev–Trinajstić information content (AvgIpc) is 2.85. The maximum absolute atomic E-state index is 12.4. The van der Waals surface area contributed by atoms with Crippen molar-refractivity contribution >= 4 is 5.97 Å². The summed E-state index contributed by atoms with van der Waals surface area (Å²) in [6, 6.07) is 33.0. The number of ether oxygens (including phenoxy) is 3. The van der Waals surface area contributed by atoms with E-state index in [2.05, 4.69) is 11.8 Å². The van der Waals surface area contributed by atoms with Crippen molar-refractivity contribution in [3.63, 3.8) is 0 Å². The van der Waals surface area contributed by atoms with Gasteiger partial charge in [0.05, 0.1) is 5.56 Å². The molecule has 0 aromatic heterocycles. The summed E-state index contributed by atoms with van der Waals surface area (Å²) >= 11 is 0. The molecule has 0 spiro atoms. The van der Waals surface area contributed by atoms with Crippen molar-refractivity contribution in [1.82, 2.24) is 0 Å². The van der Waals surface area contributed by atoms with E-state index in [0.29, 0.717) is 17.1 Å². The normalized spacial score (nSPS) is 9.88. The molecule has 4 nitrogen and oxygen atoms in total. The second kappa shape index (κ2) is 10.5. The minimum atomic E-state index is -0.436. The average molecular weight is 420 g/mol. The molecule has 0 fully saturated rings. The van der Waals surface area contributed by atoms with Gasteiger partial charge in [-0.1, -0.05) is 48.2 Å². The van der Waals surface area contributed by atoms with Crippen LogP contribution in [0.3, 0.4) is 0 Å². The van der Waals surface area contributed by atoms with Crippen LogP contribution in [0, 0.1) is 11.8 Å². The highest BCUT2D eigenvalue weighted by molar-refractivity contribution is 5.91. The van der Waals surface area contributed by atoms with E-state index in [1.165, 1.54) is 0 Å². The molecule has 0 unspecified atom stereocenters. The largest absolute Gasteiger partial charge is 0.458 e. The van der Waals surface area contributed by atoms with Gasteiger partial charge in [0.15, 0.2) is 0 Å². The first-order chi connectivity index (χ1) is 15.8. The number of esters is 1. The lowest BCUT2D eigenvalue weighted by molar-refractivity contribution is 0.0734. The molecule has 0 bridgehead atoms. The lowest BCUT2D eigenvalue weighted by Crippen LogP contribution is -2.08. The van der Waals surface area contributed by atoms with Crippen LogP contribution in [0.4, 0.5) is 0 Å². The predicted octanol–water partition coefficient (Wildman–Crippen LogP) is 5.72. The zero-order valence-electron chi connectivity index (χ0n) is 17.2. The highest BCUT2D eigenvalue weighted by atomic mass is 16.7. The third-order valence-electron chi connectivity index (χ3n) is 4.47. The van der Waals surface area contributed by atoms with Gasteiger partial charge < -0.3 is 14.2 Å². The van der Waals surface area contributed by atoms with Crippen LogP contribution < -0.4 is 14.2 Å². The fourth-order valence-corrected chi connectivity index (χ4v) is 2.81. The van der Waals surface area contributed by atoms with Gasteiger partial charge in [-0.25, -0.2) is 4.79 Å². The second-order valence-electron chi connectivity index (χ2n) is 6.77. The van der Waals surface area contributed by atoms with E-state index in [4.69, 9.17) is 14.2 Å². The Hall–Kier alpha value is -4.49. The first-order valence-electron chi connectivity index (χ1n) is 10.1. The second-order valence-corrected chi connectivity index (χ2v) is 6.77. The first kappa shape index (κ1) is 20.8. The third-order valence-corrected chi connectivity index (χ3v) is 4.47. The number of benzene rings is 4. The third kappa shape index (κ3) is 6.01. The van der Waals surface area contributed by atoms with Gasteiger partial charge in [0.25, 0.3) is 0 Å². The number of carbonyl (C=O) groups excluding carboxylic acids is 1. The molecule has 4 rings (SSSR count). The van der Waals surface area contributed by atoms with Gasteiger partial charge >= 0.3 is 5.97 Å². The molecule has 0 heterocycles. The summed E-state index contributed by atoms with van der Waals surface area (Å²) in [4.78, 5) is 12.4. The van der Waals surface area contributed by atoms with Crippen molar-refractivity contribution in [1.29, 1.82) is 0 Å². The Bertz CT molecular complexity index is 1200. The summed E-state index contributed by atoms with van der Waals surface area (Å²) in [5.41, 5.74) is 2.21. The van der Waals surface area contributed by atoms with E-state index in [-0.39, 0.29) is 6.79 Å². The zero-order valence-corrected chi connectivity index (χ0v) is 17.2. The number of hydrogen-bond acceptors (Lipinski definition) is 4. The van der Waals surface area contributed by atoms with Crippen LogP contribution in [0.5, 0.6) is 17.2 Å². The van der Waals surface area contributed by atoms with Crippen LogP contribution in [-0.2, 0) is 0 Å². The van der Waals surface area contributed by atoms with Crippen molar-refractivity contribution in [2.45, 2.75) is 0 Å². The minimum Gasteiger partial charge on any atom is -0.458 e. The van der Waals surface area contributed by atoms with Crippen molar-refractivity contribution in [2.24, 2.45) is 0 Å². The molecule has 4 aromatic carbocycles. The van der Waals surface area contributed by atoms with Crippen LogP contribution in [-0.4, -0.2) is 12.8 Å². The predicted molar refractivity (Wildman–Crippen MR) is 123 cm³/mol. The number of hydrogen-bond donors (Lipinski definition) is 0. The first-order valence-corrected chi connectivity index (χ1v) is 10.1. The fourth-order valence-electron chi connectivity index (χ4n) is 2.81.